The third-order valence-corrected chi connectivity index (χ3v) is 6.17. The highest BCUT2D eigenvalue weighted by Gasteiger charge is 2.88. The predicted octanol–water partition coefficient (Wildman–Crippen LogP) is 0.0470. The summed E-state index contributed by atoms with van der Waals surface area (Å²) < 4.78 is 11.6. The molecular formula is C11H10O3. The first kappa shape index (κ1) is 6.11. The van der Waals surface area contributed by atoms with Gasteiger partial charge in [-0.25, -0.2) is 0 Å². The van der Waals surface area contributed by atoms with Crippen molar-refractivity contribution in [3.05, 3.63) is 0 Å². The van der Waals surface area contributed by atoms with Gasteiger partial charge in [-0.3, -0.25) is 4.79 Å². The average molecular weight is 190 g/mol. The molecule has 0 aromatic rings. The van der Waals surface area contributed by atoms with Crippen molar-refractivity contribution in [1.82, 2.24) is 0 Å². The molecule has 0 amide bonds. The maximum Gasteiger partial charge on any atom is 0.309 e. The number of ether oxygens (including phenoxy) is 2. The molecule has 4 saturated heterocycles. The fourth-order valence-corrected chi connectivity index (χ4v) is 6.22. The Balaban J connectivity index is 1.76. The van der Waals surface area contributed by atoms with Crippen LogP contribution >= 0.6 is 0 Å². The van der Waals surface area contributed by atoms with E-state index in [-0.39, 0.29) is 18.0 Å². The molecule has 4 aliphatic heterocycles. The van der Waals surface area contributed by atoms with Crippen LogP contribution in [0.5, 0.6) is 0 Å². The lowest BCUT2D eigenvalue weighted by Crippen LogP contribution is -2.58. The largest absolute Gasteiger partial charge is 0.461 e. The highest BCUT2D eigenvalue weighted by molar-refractivity contribution is 5.78. The lowest BCUT2D eigenvalue weighted by atomic mass is 9.55. The lowest BCUT2D eigenvalue weighted by molar-refractivity contribution is -0.202. The Hall–Kier alpha value is -0.570. The van der Waals surface area contributed by atoms with E-state index >= 15 is 0 Å². The minimum absolute atomic E-state index is 0.106. The van der Waals surface area contributed by atoms with E-state index in [9.17, 15) is 4.79 Å². The summed E-state index contributed by atoms with van der Waals surface area (Å²) in [6.07, 6.45) is 1.21. The van der Waals surface area contributed by atoms with Gasteiger partial charge in [0.05, 0.1) is 18.1 Å². The molecule has 0 spiro atoms. The van der Waals surface area contributed by atoms with E-state index in [2.05, 4.69) is 0 Å². The zero-order valence-electron chi connectivity index (χ0n) is 7.50. The molecule has 10 atom stereocenters. The summed E-state index contributed by atoms with van der Waals surface area (Å²) in [5.74, 6) is 4.45. The zero-order chi connectivity index (χ0) is 8.77. The molecule has 4 bridgehead atoms. The van der Waals surface area contributed by atoms with E-state index in [1.54, 1.807) is 0 Å². The second kappa shape index (κ2) is 1.37. The fourth-order valence-electron chi connectivity index (χ4n) is 6.22. The van der Waals surface area contributed by atoms with Crippen molar-refractivity contribution in [2.45, 2.75) is 18.3 Å². The maximum absolute atomic E-state index is 11.7. The Kier molecular flexibility index (Phi) is 0.598. The Morgan fingerprint density at radius 3 is 2.43 bits per heavy atom. The third kappa shape index (κ3) is 0.309. The molecule has 3 nitrogen and oxygen atoms in total. The first-order valence-corrected chi connectivity index (χ1v) is 5.74. The maximum atomic E-state index is 11.7. The molecule has 7 rings (SSSR count). The summed E-state index contributed by atoms with van der Waals surface area (Å²) in [4.78, 5) is 11.7. The lowest BCUT2D eigenvalue weighted by Gasteiger charge is -2.52. The van der Waals surface area contributed by atoms with Gasteiger partial charge in [0.1, 0.15) is 6.10 Å². The number of rotatable bonds is 0. The molecule has 7 aliphatic rings. The minimum atomic E-state index is 0.106. The van der Waals surface area contributed by atoms with Crippen molar-refractivity contribution in [1.29, 1.82) is 0 Å². The summed E-state index contributed by atoms with van der Waals surface area (Å²) in [6.45, 7) is 0. The zero-order valence-corrected chi connectivity index (χ0v) is 7.50. The summed E-state index contributed by atoms with van der Waals surface area (Å²) in [5.41, 5.74) is 0. The standard InChI is InChI=1S/C11H10O3/c12-11-6-1-2-4-3(1)10(14-11)7-5(6)8(2)13-9(4)7/h1-10H. The smallest absolute Gasteiger partial charge is 0.309 e. The summed E-state index contributed by atoms with van der Waals surface area (Å²) in [5, 5.41) is 0. The second-order valence-electron chi connectivity index (χ2n) is 5.96. The summed E-state index contributed by atoms with van der Waals surface area (Å²) >= 11 is 0. The van der Waals surface area contributed by atoms with Crippen LogP contribution in [0.4, 0.5) is 0 Å². The van der Waals surface area contributed by atoms with E-state index in [1.807, 2.05) is 0 Å². The van der Waals surface area contributed by atoms with E-state index in [4.69, 9.17) is 9.47 Å². The van der Waals surface area contributed by atoms with Crippen molar-refractivity contribution in [2.75, 3.05) is 0 Å². The van der Waals surface area contributed by atoms with Gasteiger partial charge in [-0.05, 0) is 17.8 Å². The van der Waals surface area contributed by atoms with E-state index in [1.165, 1.54) is 0 Å². The topological polar surface area (TPSA) is 35.5 Å². The number of carbonyl (C=O) groups is 1. The van der Waals surface area contributed by atoms with Crippen molar-refractivity contribution in [3.63, 3.8) is 0 Å². The molecule has 4 heterocycles. The van der Waals surface area contributed by atoms with Crippen LogP contribution in [0.15, 0.2) is 0 Å². The van der Waals surface area contributed by atoms with Crippen molar-refractivity contribution in [2.24, 2.45) is 41.4 Å². The highest BCUT2D eigenvalue weighted by atomic mass is 16.6. The Labute approximate surface area is 80.7 Å². The molecule has 3 aliphatic carbocycles. The predicted molar refractivity (Wildman–Crippen MR) is 43.0 cm³/mol. The van der Waals surface area contributed by atoms with Gasteiger partial charge in [-0.1, -0.05) is 0 Å². The van der Waals surface area contributed by atoms with Gasteiger partial charge in [0.25, 0.3) is 0 Å². The molecule has 7 fully saturated rings. The first-order chi connectivity index (χ1) is 6.88. The molecule has 14 heavy (non-hydrogen) atoms. The minimum Gasteiger partial charge on any atom is -0.461 e. The fraction of sp³-hybridized carbons (Fsp3) is 0.909. The van der Waals surface area contributed by atoms with Gasteiger partial charge in [0.15, 0.2) is 0 Å². The second-order valence-corrected chi connectivity index (χ2v) is 5.96. The van der Waals surface area contributed by atoms with E-state index < -0.39 is 0 Å². The SMILES string of the molecule is O=C1OC2C3C4OC5C3C1C1C2C4C51. The molecule has 0 N–H and O–H groups in total. The van der Waals surface area contributed by atoms with Crippen LogP contribution < -0.4 is 0 Å². The van der Waals surface area contributed by atoms with E-state index in [0.717, 1.165) is 11.8 Å². The first-order valence-electron chi connectivity index (χ1n) is 5.74. The van der Waals surface area contributed by atoms with Crippen molar-refractivity contribution in [3.8, 4) is 0 Å². The van der Waals surface area contributed by atoms with Crippen LogP contribution in [0.25, 0.3) is 0 Å². The van der Waals surface area contributed by atoms with Crippen LogP contribution in [0.2, 0.25) is 0 Å². The third-order valence-electron chi connectivity index (χ3n) is 6.17. The molecule has 0 aromatic carbocycles. The van der Waals surface area contributed by atoms with Crippen LogP contribution in [0, 0.1) is 41.4 Å². The van der Waals surface area contributed by atoms with Crippen LogP contribution in [-0.2, 0) is 14.3 Å². The summed E-state index contributed by atoms with van der Waals surface area (Å²) in [6, 6.07) is 0. The molecule has 3 heteroatoms. The number of hydrogen-bond donors (Lipinski definition) is 0. The molecule has 10 unspecified atom stereocenters. The number of hydrogen-bond acceptors (Lipinski definition) is 3. The van der Waals surface area contributed by atoms with Gasteiger partial charge < -0.3 is 9.47 Å². The molecule has 72 valence electrons. The van der Waals surface area contributed by atoms with Crippen LogP contribution in [0.3, 0.4) is 0 Å². The van der Waals surface area contributed by atoms with Gasteiger partial charge in [-0.2, -0.15) is 0 Å². The number of fused-ring (bicyclic) bond motifs is 1. The summed E-state index contributed by atoms with van der Waals surface area (Å²) in [7, 11) is 0. The van der Waals surface area contributed by atoms with Crippen molar-refractivity contribution < 1.29 is 14.3 Å². The Morgan fingerprint density at radius 1 is 0.786 bits per heavy atom. The average Bonchev–Trinajstić information content (AvgIpc) is 2.64. The number of esters is 1. The van der Waals surface area contributed by atoms with Gasteiger partial charge in [0.2, 0.25) is 0 Å². The van der Waals surface area contributed by atoms with Gasteiger partial charge in [-0.15, -0.1) is 0 Å². The molecular weight excluding hydrogens is 180 g/mol. The monoisotopic (exact) mass is 190 g/mol. The van der Waals surface area contributed by atoms with Gasteiger partial charge >= 0.3 is 5.97 Å². The quantitative estimate of drug-likeness (QED) is 0.506. The van der Waals surface area contributed by atoms with Crippen LogP contribution in [-0.4, -0.2) is 24.3 Å². The Bertz CT molecular complexity index is 403. The van der Waals surface area contributed by atoms with Gasteiger partial charge in [0, 0.05) is 17.8 Å². The van der Waals surface area contributed by atoms with Crippen LogP contribution in [0.1, 0.15) is 0 Å². The highest BCUT2D eigenvalue weighted by Crippen LogP contribution is 2.82. The molecule has 0 aromatic heterocycles. The molecule has 0 radical (unpaired) electrons. The van der Waals surface area contributed by atoms with E-state index in [0.29, 0.717) is 35.9 Å². The Morgan fingerprint density at radius 2 is 1.50 bits per heavy atom. The normalized spacial score (nSPS) is 82.7. The van der Waals surface area contributed by atoms with Crippen molar-refractivity contribution >= 4 is 5.97 Å². The molecule has 3 saturated carbocycles. The number of carbonyl (C=O) groups excluding carboxylic acids is 1.